The van der Waals surface area contributed by atoms with Crippen LogP contribution >= 0.6 is 0 Å². The zero-order valence-electron chi connectivity index (χ0n) is 11.0. The molecular weight excluding hydrogens is 255 g/mol. The third-order valence-corrected chi connectivity index (χ3v) is 2.86. The molecule has 0 aliphatic rings. The first-order valence-electron chi connectivity index (χ1n) is 6.13. The summed E-state index contributed by atoms with van der Waals surface area (Å²) in [5.74, 6) is -0.798. The van der Waals surface area contributed by atoms with E-state index in [-0.39, 0.29) is 17.9 Å². The topological polar surface area (TPSA) is 52.9 Å². The Bertz CT molecular complexity index is 672. The number of aryl methyl sites for hydroxylation is 1. The number of nitrogens with zero attached hydrogens (tertiary/aromatic N) is 1. The molecule has 100 valence electrons. The molecule has 0 saturated carbocycles. The van der Waals surface area contributed by atoms with Crippen LogP contribution in [0.4, 0.5) is 10.1 Å². The smallest absolute Gasteiger partial charge is 0.228 e. The molecule has 0 fully saturated rings. The minimum atomic E-state index is -0.593. The second-order valence-electron chi connectivity index (χ2n) is 4.52. The van der Waals surface area contributed by atoms with E-state index >= 15 is 0 Å². The molecule has 0 aliphatic carbocycles. The molecule has 0 radical (unpaired) electrons. The van der Waals surface area contributed by atoms with E-state index < -0.39 is 5.82 Å². The zero-order chi connectivity index (χ0) is 14.5. The van der Waals surface area contributed by atoms with Crippen LogP contribution in [0.2, 0.25) is 0 Å². The number of nitrogens with one attached hydrogen (secondary N) is 1. The number of rotatable bonds is 3. The normalized spacial score (nSPS) is 9.85. The van der Waals surface area contributed by atoms with Crippen molar-refractivity contribution in [2.24, 2.45) is 0 Å². The van der Waals surface area contributed by atoms with Crippen LogP contribution in [0.5, 0.6) is 0 Å². The highest BCUT2D eigenvalue weighted by Gasteiger charge is 2.07. The highest BCUT2D eigenvalue weighted by Crippen LogP contribution is 2.14. The Morgan fingerprint density at radius 1 is 1.25 bits per heavy atom. The summed E-state index contributed by atoms with van der Waals surface area (Å²) in [6.07, 6.45) is 0.236. The number of benzene rings is 2. The molecule has 2 aromatic rings. The van der Waals surface area contributed by atoms with Crippen molar-refractivity contribution in [1.82, 2.24) is 0 Å². The minimum absolute atomic E-state index is 0.0851. The van der Waals surface area contributed by atoms with E-state index in [0.29, 0.717) is 5.69 Å². The molecule has 0 aromatic heterocycles. The lowest BCUT2D eigenvalue weighted by molar-refractivity contribution is -0.115. The summed E-state index contributed by atoms with van der Waals surface area (Å²) in [6, 6.07) is 13.3. The minimum Gasteiger partial charge on any atom is -0.326 e. The molecule has 0 unspecified atom stereocenters. The highest BCUT2D eigenvalue weighted by atomic mass is 19.1. The lowest BCUT2D eigenvalue weighted by atomic mass is 10.1. The number of amides is 1. The van der Waals surface area contributed by atoms with Gasteiger partial charge in [0.15, 0.2) is 0 Å². The zero-order valence-corrected chi connectivity index (χ0v) is 11.0. The van der Waals surface area contributed by atoms with Gasteiger partial charge in [0.1, 0.15) is 11.9 Å². The van der Waals surface area contributed by atoms with Crippen molar-refractivity contribution < 1.29 is 9.18 Å². The fourth-order valence-electron chi connectivity index (χ4n) is 1.79. The SMILES string of the molecule is Cc1ccc(CC(=O)Nc2ccc(F)c(C#N)c2)cc1. The summed E-state index contributed by atoms with van der Waals surface area (Å²) in [6.45, 7) is 1.98. The van der Waals surface area contributed by atoms with E-state index in [1.165, 1.54) is 18.2 Å². The standard InChI is InChI=1S/C16H13FN2O/c1-11-2-4-12(5-3-11)8-16(20)19-14-6-7-15(17)13(9-14)10-18/h2-7,9H,8H2,1H3,(H,19,20). The van der Waals surface area contributed by atoms with E-state index in [0.717, 1.165) is 11.1 Å². The molecule has 0 heterocycles. The second kappa shape index (κ2) is 5.98. The summed E-state index contributed by atoms with van der Waals surface area (Å²) in [4.78, 5) is 11.9. The van der Waals surface area contributed by atoms with E-state index in [4.69, 9.17) is 5.26 Å². The van der Waals surface area contributed by atoms with Gasteiger partial charge < -0.3 is 5.32 Å². The average Bonchev–Trinajstić information content (AvgIpc) is 2.43. The monoisotopic (exact) mass is 268 g/mol. The summed E-state index contributed by atoms with van der Waals surface area (Å²) >= 11 is 0. The maximum Gasteiger partial charge on any atom is 0.228 e. The molecule has 1 amide bonds. The number of anilines is 1. The molecular formula is C16H13FN2O. The van der Waals surface area contributed by atoms with Crippen LogP contribution in [0.1, 0.15) is 16.7 Å². The largest absolute Gasteiger partial charge is 0.326 e. The first-order valence-corrected chi connectivity index (χ1v) is 6.13. The maximum absolute atomic E-state index is 13.2. The average molecular weight is 268 g/mol. The van der Waals surface area contributed by atoms with Gasteiger partial charge in [0.2, 0.25) is 5.91 Å². The van der Waals surface area contributed by atoms with Gasteiger partial charge in [-0.1, -0.05) is 29.8 Å². The van der Waals surface area contributed by atoms with Gasteiger partial charge in [-0.05, 0) is 30.7 Å². The third kappa shape index (κ3) is 3.42. The van der Waals surface area contributed by atoms with E-state index in [1.807, 2.05) is 31.2 Å². The van der Waals surface area contributed by atoms with Crippen molar-refractivity contribution in [3.63, 3.8) is 0 Å². The second-order valence-corrected chi connectivity index (χ2v) is 4.52. The summed E-state index contributed by atoms with van der Waals surface area (Å²) in [5.41, 5.74) is 2.36. The quantitative estimate of drug-likeness (QED) is 0.929. The number of hydrogen-bond donors (Lipinski definition) is 1. The van der Waals surface area contributed by atoms with Crippen LogP contribution in [-0.4, -0.2) is 5.91 Å². The fraction of sp³-hybridized carbons (Fsp3) is 0.125. The van der Waals surface area contributed by atoms with Gasteiger partial charge in [0.05, 0.1) is 12.0 Å². The van der Waals surface area contributed by atoms with Crippen LogP contribution < -0.4 is 5.32 Å². The number of nitriles is 1. The van der Waals surface area contributed by atoms with Crippen molar-refractivity contribution in [3.05, 3.63) is 65.0 Å². The fourth-order valence-corrected chi connectivity index (χ4v) is 1.79. The number of carbonyl (C=O) groups is 1. The Morgan fingerprint density at radius 2 is 1.95 bits per heavy atom. The Balaban J connectivity index is 2.05. The van der Waals surface area contributed by atoms with Crippen molar-refractivity contribution in [2.75, 3.05) is 5.32 Å². The number of hydrogen-bond acceptors (Lipinski definition) is 2. The lowest BCUT2D eigenvalue weighted by Crippen LogP contribution is -2.14. The molecule has 0 bridgehead atoms. The van der Waals surface area contributed by atoms with Gasteiger partial charge in [-0.15, -0.1) is 0 Å². The predicted molar refractivity (Wildman–Crippen MR) is 74.6 cm³/mol. The van der Waals surface area contributed by atoms with Gasteiger partial charge in [0, 0.05) is 5.69 Å². The molecule has 2 rings (SSSR count). The Labute approximate surface area is 116 Å². The van der Waals surface area contributed by atoms with Crippen molar-refractivity contribution in [2.45, 2.75) is 13.3 Å². The molecule has 2 aromatic carbocycles. The van der Waals surface area contributed by atoms with Crippen LogP contribution in [-0.2, 0) is 11.2 Å². The predicted octanol–water partition coefficient (Wildman–Crippen LogP) is 3.19. The van der Waals surface area contributed by atoms with Crippen LogP contribution in [0.15, 0.2) is 42.5 Å². The van der Waals surface area contributed by atoms with Gasteiger partial charge in [-0.25, -0.2) is 4.39 Å². The van der Waals surface area contributed by atoms with Crippen molar-refractivity contribution in [1.29, 1.82) is 5.26 Å². The van der Waals surface area contributed by atoms with E-state index in [1.54, 1.807) is 6.07 Å². The van der Waals surface area contributed by atoms with Crippen LogP contribution in [0.3, 0.4) is 0 Å². The Kier molecular flexibility index (Phi) is 4.11. The maximum atomic E-state index is 13.2. The summed E-state index contributed by atoms with van der Waals surface area (Å²) in [7, 11) is 0. The van der Waals surface area contributed by atoms with Gasteiger partial charge in [0.25, 0.3) is 0 Å². The molecule has 0 aliphatic heterocycles. The lowest BCUT2D eigenvalue weighted by Gasteiger charge is -2.06. The van der Waals surface area contributed by atoms with Gasteiger partial charge in [-0.3, -0.25) is 4.79 Å². The first kappa shape index (κ1) is 13.8. The summed E-state index contributed by atoms with van der Waals surface area (Å²) < 4.78 is 13.2. The molecule has 3 nitrogen and oxygen atoms in total. The van der Waals surface area contributed by atoms with Gasteiger partial charge >= 0.3 is 0 Å². The molecule has 0 spiro atoms. The third-order valence-electron chi connectivity index (χ3n) is 2.86. The molecule has 20 heavy (non-hydrogen) atoms. The highest BCUT2D eigenvalue weighted by molar-refractivity contribution is 5.92. The molecule has 0 saturated heterocycles. The molecule has 4 heteroatoms. The van der Waals surface area contributed by atoms with Crippen molar-refractivity contribution in [3.8, 4) is 6.07 Å². The Morgan fingerprint density at radius 3 is 2.60 bits per heavy atom. The molecule has 1 N–H and O–H groups in total. The van der Waals surface area contributed by atoms with Crippen LogP contribution in [0, 0.1) is 24.1 Å². The molecule has 0 atom stereocenters. The number of halogens is 1. The van der Waals surface area contributed by atoms with Crippen LogP contribution in [0.25, 0.3) is 0 Å². The van der Waals surface area contributed by atoms with Gasteiger partial charge in [-0.2, -0.15) is 5.26 Å². The Hall–Kier alpha value is -2.67. The number of carbonyl (C=O) groups excluding carboxylic acids is 1. The van der Waals surface area contributed by atoms with E-state index in [9.17, 15) is 9.18 Å². The summed E-state index contributed by atoms with van der Waals surface area (Å²) in [5, 5.41) is 11.4. The first-order chi connectivity index (χ1) is 9.58. The van der Waals surface area contributed by atoms with Crippen molar-refractivity contribution >= 4 is 11.6 Å². The van der Waals surface area contributed by atoms with E-state index in [2.05, 4.69) is 5.32 Å².